The Hall–Kier alpha value is -1.38. The lowest BCUT2D eigenvalue weighted by atomic mass is 10.4. The van der Waals surface area contributed by atoms with Crippen LogP contribution in [0.4, 0.5) is 5.82 Å². The average molecular weight is 280 g/mol. The second-order valence-electron chi connectivity index (χ2n) is 3.22. The van der Waals surface area contributed by atoms with Crippen molar-refractivity contribution in [1.29, 1.82) is 0 Å². The van der Waals surface area contributed by atoms with Crippen molar-refractivity contribution in [3.05, 3.63) is 17.3 Å². The van der Waals surface area contributed by atoms with Gasteiger partial charge in [-0.3, -0.25) is 4.79 Å². The largest absolute Gasteiger partial charge is 0.480 e. The molecule has 0 unspecified atom stereocenters. The number of carbonyl (C=O) groups is 1. The van der Waals surface area contributed by atoms with E-state index in [4.69, 9.17) is 22.4 Å². The second kappa shape index (κ2) is 4.86. The Morgan fingerprint density at radius 1 is 1.65 bits per heavy atom. The number of nitrogens with one attached hydrogen (secondary N) is 1. The summed E-state index contributed by atoms with van der Waals surface area (Å²) in [5.41, 5.74) is 5.39. The molecule has 0 radical (unpaired) electrons. The van der Waals surface area contributed by atoms with Gasteiger partial charge in [-0.25, -0.2) is 13.4 Å². The summed E-state index contributed by atoms with van der Waals surface area (Å²) in [7, 11) is -4.06. The van der Waals surface area contributed by atoms with Crippen molar-refractivity contribution in [2.24, 2.45) is 0 Å². The van der Waals surface area contributed by atoms with Gasteiger partial charge in [0.2, 0.25) is 10.0 Å². The molecular formula is C8H10ClN3O4S. The number of carboxylic acids is 1. The lowest BCUT2D eigenvalue weighted by Gasteiger charge is -2.11. The fourth-order valence-corrected chi connectivity index (χ4v) is 2.52. The van der Waals surface area contributed by atoms with Gasteiger partial charge in [0.15, 0.2) is 0 Å². The first kappa shape index (κ1) is 13.7. The predicted molar refractivity (Wildman–Crippen MR) is 61.1 cm³/mol. The van der Waals surface area contributed by atoms with Gasteiger partial charge in [0.25, 0.3) is 0 Å². The van der Waals surface area contributed by atoms with E-state index in [1.165, 1.54) is 13.1 Å². The molecule has 0 aromatic carbocycles. The van der Waals surface area contributed by atoms with Crippen LogP contribution < -0.4 is 10.5 Å². The molecule has 1 rings (SSSR count). The zero-order valence-electron chi connectivity index (χ0n) is 8.71. The summed E-state index contributed by atoms with van der Waals surface area (Å²) in [6.07, 6.45) is 1.19. The summed E-state index contributed by atoms with van der Waals surface area (Å²) in [5.74, 6) is -1.55. The van der Waals surface area contributed by atoms with Crippen LogP contribution >= 0.6 is 11.6 Å². The van der Waals surface area contributed by atoms with Crippen molar-refractivity contribution < 1.29 is 18.3 Å². The molecule has 17 heavy (non-hydrogen) atoms. The quantitative estimate of drug-likeness (QED) is 0.717. The summed E-state index contributed by atoms with van der Waals surface area (Å²) in [6.45, 7) is 1.19. The fraction of sp³-hybridized carbons (Fsp3) is 0.250. The molecule has 1 aromatic heterocycles. The Kier molecular flexibility index (Phi) is 3.91. The van der Waals surface area contributed by atoms with Crippen molar-refractivity contribution in [3.63, 3.8) is 0 Å². The van der Waals surface area contributed by atoms with Gasteiger partial charge in [-0.1, -0.05) is 11.6 Å². The highest BCUT2D eigenvalue weighted by Gasteiger charge is 2.24. The first-order valence-electron chi connectivity index (χ1n) is 4.40. The van der Waals surface area contributed by atoms with Gasteiger partial charge < -0.3 is 10.8 Å². The maximum Gasteiger partial charge on any atom is 0.321 e. The first-order valence-corrected chi connectivity index (χ1v) is 6.26. The molecule has 0 aliphatic heterocycles. The molecule has 1 atom stereocenters. The van der Waals surface area contributed by atoms with Crippen LogP contribution in [-0.4, -0.2) is 30.5 Å². The molecule has 0 aliphatic rings. The highest BCUT2D eigenvalue weighted by molar-refractivity contribution is 7.89. The van der Waals surface area contributed by atoms with Crippen molar-refractivity contribution in [2.75, 3.05) is 5.73 Å². The van der Waals surface area contributed by atoms with Gasteiger partial charge in [0.1, 0.15) is 16.8 Å². The van der Waals surface area contributed by atoms with Gasteiger partial charge in [-0.05, 0) is 13.0 Å². The molecular weight excluding hydrogens is 270 g/mol. The SMILES string of the molecule is C[C@@H](NS(=O)(=O)c1cc(Cl)cnc1N)C(=O)O. The van der Waals surface area contributed by atoms with E-state index < -0.39 is 22.0 Å². The molecule has 0 bridgehead atoms. The number of sulfonamides is 1. The van der Waals surface area contributed by atoms with E-state index in [0.29, 0.717) is 0 Å². The third kappa shape index (κ3) is 3.29. The van der Waals surface area contributed by atoms with Gasteiger partial charge in [-0.2, -0.15) is 4.72 Å². The van der Waals surface area contributed by atoms with Crippen LogP contribution in [0.3, 0.4) is 0 Å². The predicted octanol–water partition coefficient (Wildman–Crippen LogP) is 0.0686. The Morgan fingerprint density at radius 2 is 2.24 bits per heavy atom. The molecule has 9 heteroatoms. The van der Waals surface area contributed by atoms with Crippen molar-refractivity contribution >= 4 is 33.4 Å². The number of carboxylic acid groups (broad SMARTS) is 1. The zero-order chi connectivity index (χ0) is 13.2. The summed E-state index contributed by atoms with van der Waals surface area (Å²) in [4.78, 5) is 13.8. The summed E-state index contributed by atoms with van der Waals surface area (Å²) in [5, 5.41) is 8.70. The molecule has 0 saturated heterocycles. The highest BCUT2D eigenvalue weighted by Crippen LogP contribution is 2.20. The zero-order valence-corrected chi connectivity index (χ0v) is 10.3. The summed E-state index contributed by atoms with van der Waals surface area (Å²) >= 11 is 5.60. The van der Waals surface area contributed by atoms with E-state index in [2.05, 4.69) is 4.98 Å². The average Bonchev–Trinajstić information content (AvgIpc) is 2.20. The van der Waals surface area contributed by atoms with Gasteiger partial charge in [-0.15, -0.1) is 0 Å². The van der Waals surface area contributed by atoms with E-state index in [1.807, 2.05) is 4.72 Å². The molecule has 0 fully saturated rings. The van der Waals surface area contributed by atoms with Crippen molar-refractivity contribution in [3.8, 4) is 0 Å². The number of aromatic nitrogens is 1. The topological polar surface area (TPSA) is 122 Å². The standard InChI is InChI=1S/C8H10ClN3O4S/c1-4(8(13)14)12-17(15,16)6-2-5(9)3-11-7(6)10/h2-4,12H,1H3,(H2,10,11)(H,13,14)/t4-/m1/s1. The van der Waals surface area contributed by atoms with E-state index in [1.54, 1.807) is 0 Å². The third-order valence-corrected chi connectivity index (χ3v) is 3.62. The number of nitrogen functional groups attached to an aromatic ring is 1. The normalized spacial score (nSPS) is 13.3. The first-order chi connectivity index (χ1) is 7.74. The molecule has 0 amide bonds. The van der Waals surface area contributed by atoms with Crippen LogP contribution in [0, 0.1) is 0 Å². The number of anilines is 1. The smallest absolute Gasteiger partial charge is 0.321 e. The number of nitrogens with two attached hydrogens (primary N) is 1. The van der Waals surface area contributed by atoms with Gasteiger partial charge in [0, 0.05) is 6.20 Å². The molecule has 0 saturated carbocycles. The molecule has 7 nitrogen and oxygen atoms in total. The lowest BCUT2D eigenvalue weighted by molar-refractivity contribution is -0.138. The van der Waals surface area contributed by atoms with E-state index in [-0.39, 0.29) is 15.7 Å². The maximum atomic E-state index is 11.8. The number of hydrogen-bond donors (Lipinski definition) is 3. The number of halogens is 1. The lowest BCUT2D eigenvalue weighted by Crippen LogP contribution is -2.38. The van der Waals surface area contributed by atoms with E-state index in [9.17, 15) is 13.2 Å². The van der Waals surface area contributed by atoms with Crippen LogP contribution in [0.2, 0.25) is 5.02 Å². The fourth-order valence-electron chi connectivity index (χ4n) is 0.993. The van der Waals surface area contributed by atoms with Crippen LogP contribution in [-0.2, 0) is 14.8 Å². The Bertz CT molecular complexity index is 546. The number of aliphatic carboxylic acids is 1. The number of rotatable bonds is 4. The molecule has 4 N–H and O–H groups in total. The minimum atomic E-state index is -4.06. The molecule has 0 spiro atoms. The second-order valence-corrected chi connectivity index (χ2v) is 5.34. The highest BCUT2D eigenvalue weighted by atomic mass is 35.5. The Labute approximate surface area is 103 Å². The summed E-state index contributed by atoms with van der Waals surface area (Å²) < 4.78 is 25.5. The molecule has 0 aliphatic carbocycles. The third-order valence-electron chi connectivity index (χ3n) is 1.84. The number of nitrogens with zero attached hydrogens (tertiary/aromatic N) is 1. The van der Waals surface area contributed by atoms with E-state index >= 15 is 0 Å². The Morgan fingerprint density at radius 3 is 2.76 bits per heavy atom. The molecule has 1 aromatic rings. The van der Waals surface area contributed by atoms with Crippen molar-refractivity contribution in [2.45, 2.75) is 17.9 Å². The number of pyridine rings is 1. The van der Waals surface area contributed by atoms with Crippen LogP contribution in [0.25, 0.3) is 0 Å². The van der Waals surface area contributed by atoms with Gasteiger partial charge in [0.05, 0.1) is 5.02 Å². The molecule has 94 valence electrons. The maximum absolute atomic E-state index is 11.8. The minimum absolute atomic E-state index is 0.0857. The van der Waals surface area contributed by atoms with E-state index in [0.717, 1.165) is 6.07 Å². The Balaban J connectivity index is 3.13. The van der Waals surface area contributed by atoms with Crippen LogP contribution in [0.15, 0.2) is 17.2 Å². The minimum Gasteiger partial charge on any atom is -0.480 e. The van der Waals surface area contributed by atoms with Crippen LogP contribution in [0.1, 0.15) is 6.92 Å². The van der Waals surface area contributed by atoms with Crippen molar-refractivity contribution in [1.82, 2.24) is 9.71 Å². The molecule has 1 heterocycles. The monoisotopic (exact) mass is 279 g/mol. The number of hydrogen-bond acceptors (Lipinski definition) is 5. The van der Waals surface area contributed by atoms with Gasteiger partial charge >= 0.3 is 5.97 Å². The van der Waals surface area contributed by atoms with Crippen LogP contribution in [0.5, 0.6) is 0 Å². The summed E-state index contributed by atoms with van der Waals surface area (Å²) in [6, 6.07) is -0.181.